The maximum atomic E-state index is 8.68. The van der Waals surface area contributed by atoms with Gasteiger partial charge in [-0.15, -0.1) is 0 Å². The highest BCUT2D eigenvalue weighted by molar-refractivity contribution is 7.98. The molecule has 0 aliphatic rings. The van der Waals surface area contributed by atoms with Crippen LogP contribution in [0.5, 0.6) is 0 Å². The van der Waals surface area contributed by atoms with Gasteiger partial charge in [0.1, 0.15) is 0 Å². The fourth-order valence-electron chi connectivity index (χ4n) is 1.31. The van der Waals surface area contributed by atoms with Gasteiger partial charge in [-0.05, 0) is 18.1 Å². The van der Waals surface area contributed by atoms with Gasteiger partial charge in [0.25, 0.3) is 0 Å². The summed E-state index contributed by atoms with van der Waals surface area (Å²) in [4.78, 5) is 0. The van der Waals surface area contributed by atoms with Gasteiger partial charge in [0.2, 0.25) is 0 Å². The normalized spacial score (nSPS) is 10.1. The van der Waals surface area contributed by atoms with Gasteiger partial charge in [0.05, 0.1) is 6.61 Å². The minimum Gasteiger partial charge on any atom is -0.396 e. The van der Waals surface area contributed by atoms with Crippen LogP contribution in [0.1, 0.15) is 16.7 Å². The van der Waals surface area contributed by atoms with Gasteiger partial charge in [0, 0.05) is 11.5 Å². The number of aliphatic hydroxyl groups is 1. The van der Waals surface area contributed by atoms with Crippen molar-refractivity contribution in [1.82, 2.24) is 0 Å². The maximum Gasteiger partial charge on any atom is 0.0521 e. The van der Waals surface area contributed by atoms with E-state index in [1.54, 1.807) is 11.8 Å². The van der Waals surface area contributed by atoms with E-state index in [-0.39, 0.29) is 6.61 Å². The SMILES string of the molecule is C=Cc1ccc(C)cc1CSCCO. The van der Waals surface area contributed by atoms with Crippen molar-refractivity contribution in [3.8, 4) is 0 Å². The van der Waals surface area contributed by atoms with Crippen LogP contribution in [0.4, 0.5) is 0 Å². The third-order valence-corrected chi connectivity index (χ3v) is 3.00. The van der Waals surface area contributed by atoms with Gasteiger partial charge in [-0.2, -0.15) is 11.8 Å². The van der Waals surface area contributed by atoms with E-state index in [0.717, 1.165) is 11.5 Å². The second-order valence-electron chi connectivity index (χ2n) is 3.18. The molecule has 0 heterocycles. The molecule has 0 bridgehead atoms. The van der Waals surface area contributed by atoms with Crippen molar-refractivity contribution in [2.24, 2.45) is 0 Å². The Labute approximate surface area is 89.8 Å². The second-order valence-corrected chi connectivity index (χ2v) is 4.29. The van der Waals surface area contributed by atoms with E-state index >= 15 is 0 Å². The lowest BCUT2D eigenvalue weighted by atomic mass is 10.1. The van der Waals surface area contributed by atoms with Crippen molar-refractivity contribution in [3.05, 3.63) is 41.5 Å². The molecule has 0 aliphatic carbocycles. The van der Waals surface area contributed by atoms with Crippen molar-refractivity contribution in [1.29, 1.82) is 0 Å². The first kappa shape index (κ1) is 11.3. The fourth-order valence-corrected chi connectivity index (χ4v) is 2.05. The van der Waals surface area contributed by atoms with Crippen LogP contribution in [0.2, 0.25) is 0 Å². The Bertz CT molecular complexity index is 307. The summed E-state index contributed by atoms with van der Waals surface area (Å²) in [6, 6.07) is 6.37. The van der Waals surface area contributed by atoms with Gasteiger partial charge < -0.3 is 5.11 Å². The molecule has 1 aromatic rings. The molecule has 0 fully saturated rings. The molecular formula is C12H16OS. The first-order chi connectivity index (χ1) is 6.77. The largest absolute Gasteiger partial charge is 0.396 e. The summed E-state index contributed by atoms with van der Waals surface area (Å²) in [6.07, 6.45) is 1.88. The molecule has 0 atom stereocenters. The van der Waals surface area contributed by atoms with Crippen LogP contribution < -0.4 is 0 Å². The molecule has 0 saturated heterocycles. The lowest BCUT2D eigenvalue weighted by Gasteiger charge is -2.06. The maximum absolute atomic E-state index is 8.68. The predicted molar refractivity (Wildman–Crippen MR) is 64.5 cm³/mol. The highest BCUT2D eigenvalue weighted by atomic mass is 32.2. The van der Waals surface area contributed by atoms with Crippen molar-refractivity contribution in [2.75, 3.05) is 12.4 Å². The molecule has 14 heavy (non-hydrogen) atoms. The molecule has 0 aliphatic heterocycles. The minimum absolute atomic E-state index is 0.250. The lowest BCUT2D eigenvalue weighted by molar-refractivity contribution is 0.322. The highest BCUT2D eigenvalue weighted by Gasteiger charge is 1.99. The molecule has 0 unspecified atom stereocenters. The molecule has 1 nitrogen and oxygen atoms in total. The molecule has 0 saturated carbocycles. The lowest BCUT2D eigenvalue weighted by Crippen LogP contribution is -1.91. The molecule has 0 amide bonds. The zero-order chi connectivity index (χ0) is 10.4. The van der Waals surface area contributed by atoms with E-state index in [0.29, 0.717) is 0 Å². The van der Waals surface area contributed by atoms with Crippen LogP contribution in [-0.2, 0) is 5.75 Å². The topological polar surface area (TPSA) is 20.2 Å². The van der Waals surface area contributed by atoms with Crippen LogP contribution in [0.15, 0.2) is 24.8 Å². The summed E-state index contributed by atoms with van der Waals surface area (Å²) in [5, 5.41) is 8.68. The van der Waals surface area contributed by atoms with Crippen molar-refractivity contribution in [2.45, 2.75) is 12.7 Å². The Morgan fingerprint density at radius 1 is 1.50 bits per heavy atom. The third-order valence-electron chi connectivity index (χ3n) is 2.01. The van der Waals surface area contributed by atoms with E-state index in [9.17, 15) is 0 Å². The average molecular weight is 208 g/mol. The quantitative estimate of drug-likeness (QED) is 0.751. The smallest absolute Gasteiger partial charge is 0.0521 e. The number of aryl methyl sites for hydroxylation is 1. The number of thioether (sulfide) groups is 1. The van der Waals surface area contributed by atoms with E-state index in [4.69, 9.17) is 5.11 Å². The monoisotopic (exact) mass is 208 g/mol. The molecule has 0 aromatic heterocycles. The summed E-state index contributed by atoms with van der Waals surface area (Å²) in [7, 11) is 0. The Kier molecular flexibility index (Phi) is 4.77. The van der Waals surface area contributed by atoms with E-state index in [1.807, 2.05) is 6.08 Å². The van der Waals surface area contributed by atoms with Crippen LogP contribution in [0, 0.1) is 6.92 Å². The molecular weight excluding hydrogens is 192 g/mol. The Balaban J connectivity index is 2.72. The zero-order valence-electron chi connectivity index (χ0n) is 8.49. The molecule has 1 N–H and O–H groups in total. The van der Waals surface area contributed by atoms with Crippen LogP contribution >= 0.6 is 11.8 Å². The molecule has 1 aromatic carbocycles. The number of hydrogen-bond donors (Lipinski definition) is 1. The van der Waals surface area contributed by atoms with Crippen molar-refractivity contribution < 1.29 is 5.11 Å². The zero-order valence-corrected chi connectivity index (χ0v) is 9.31. The Hall–Kier alpha value is -0.730. The first-order valence-corrected chi connectivity index (χ1v) is 5.84. The van der Waals surface area contributed by atoms with Crippen LogP contribution in [-0.4, -0.2) is 17.5 Å². The minimum atomic E-state index is 0.250. The molecule has 1 rings (SSSR count). The highest BCUT2D eigenvalue weighted by Crippen LogP contribution is 2.18. The number of benzene rings is 1. The second kappa shape index (κ2) is 5.89. The fraction of sp³-hybridized carbons (Fsp3) is 0.333. The average Bonchev–Trinajstić information content (AvgIpc) is 2.19. The van der Waals surface area contributed by atoms with Gasteiger partial charge in [-0.1, -0.05) is 36.4 Å². The summed E-state index contributed by atoms with van der Waals surface area (Å²) in [5.41, 5.74) is 3.77. The summed E-state index contributed by atoms with van der Waals surface area (Å²) >= 11 is 1.75. The molecule has 0 radical (unpaired) electrons. The van der Waals surface area contributed by atoms with E-state index in [1.165, 1.54) is 16.7 Å². The van der Waals surface area contributed by atoms with E-state index < -0.39 is 0 Å². The molecule has 0 spiro atoms. The predicted octanol–water partition coefficient (Wildman–Crippen LogP) is 2.86. The van der Waals surface area contributed by atoms with Gasteiger partial charge in [-0.25, -0.2) is 0 Å². The molecule has 2 heteroatoms. The number of rotatable bonds is 5. The van der Waals surface area contributed by atoms with Gasteiger partial charge >= 0.3 is 0 Å². The summed E-state index contributed by atoms with van der Waals surface area (Å²) in [5.74, 6) is 1.74. The summed E-state index contributed by atoms with van der Waals surface area (Å²) in [6.45, 7) is 6.13. The summed E-state index contributed by atoms with van der Waals surface area (Å²) < 4.78 is 0. The molecule has 76 valence electrons. The Morgan fingerprint density at radius 3 is 2.93 bits per heavy atom. The van der Waals surface area contributed by atoms with Crippen molar-refractivity contribution >= 4 is 17.8 Å². The van der Waals surface area contributed by atoms with Gasteiger partial charge in [0.15, 0.2) is 0 Å². The van der Waals surface area contributed by atoms with Crippen LogP contribution in [0.25, 0.3) is 6.08 Å². The Morgan fingerprint density at radius 2 is 2.29 bits per heavy atom. The first-order valence-electron chi connectivity index (χ1n) is 4.68. The van der Waals surface area contributed by atoms with E-state index in [2.05, 4.69) is 31.7 Å². The van der Waals surface area contributed by atoms with Gasteiger partial charge in [-0.3, -0.25) is 0 Å². The standard InChI is InChI=1S/C12H16OS/c1-3-11-5-4-10(2)8-12(11)9-14-7-6-13/h3-5,8,13H,1,6-7,9H2,2H3. The number of hydrogen-bond acceptors (Lipinski definition) is 2. The van der Waals surface area contributed by atoms with Crippen molar-refractivity contribution in [3.63, 3.8) is 0 Å². The van der Waals surface area contributed by atoms with Crippen LogP contribution in [0.3, 0.4) is 0 Å². The number of aliphatic hydroxyl groups excluding tert-OH is 1. The third kappa shape index (κ3) is 3.20.